The van der Waals surface area contributed by atoms with Gasteiger partial charge in [-0.3, -0.25) is 0 Å². The van der Waals surface area contributed by atoms with Crippen molar-refractivity contribution in [2.24, 2.45) is 0 Å². The fraction of sp³-hybridized carbons (Fsp3) is 0.625. The van der Waals surface area contributed by atoms with Gasteiger partial charge in [-0.15, -0.1) is 0 Å². The zero-order chi connectivity index (χ0) is 13.1. The second kappa shape index (κ2) is 5.93. The fourth-order valence-corrected chi connectivity index (χ4v) is 3.11. The summed E-state index contributed by atoms with van der Waals surface area (Å²) in [6.07, 6.45) is 4.93. The second-order valence-corrected chi connectivity index (χ2v) is 5.78. The zero-order valence-electron chi connectivity index (χ0n) is 11.8. The van der Waals surface area contributed by atoms with Crippen LogP contribution in [0, 0.1) is 0 Å². The van der Waals surface area contributed by atoms with Crippen LogP contribution in [0.4, 0.5) is 5.69 Å². The highest BCUT2D eigenvalue weighted by atomic mass is 16.5. The van der Waals surface area contributed by atoms with E-state index in [1.807, 2.05) is 0 Å². The lowest BCUT2D eigenvalue weighted by atomic mass is 9.99. The summed E-state index contributed by atoms with van der Waals surface area (Å²) in [6.45, 7) is 3.95. The first kappa shape index (κ1) is 12.9. The molecule has 0 aliphatic carbocycles. The minimum atomic E-state index is 0.535. The molecule has 0 aromatic heterocycles. The maximum absolute atomic E-state index is 5.51. The Hall–Kier alpha value is -1.06. The van der Waals surface area contributed by atoms with Crippen LogP contribution in [-0.4, -0.2) is 32.8 Å². The van der Waals surface area contributed by atoms with Gasteiger partial charge in [-0.25, -0.2) is 0 Å². The molecule has 0 radical (unpaired) electrons. The van der Waals surface area contributed by atoms with Crippen LogP contribution in [0.5, 0.6) is 0 Å². The van der Waals surface area contributed by atoms with E-state index in [9.17, 15) is 0 Å². The SMILES string of the molecule is CN1CCCc2cc(CNC3CCCOC3)ccc21. The van der Waals surface area contributed by atoms with Crippen molar-refractivity contribution in [1.82, 2.24) is 5.32 Å². The van der Waals surface area contributed by atoms with Crippen LogP contribution < -0.4 is 10.2 Å². The van der Waals surface area contributed by atoms with E-state index in [0.29, 0.717) is 6.04 Å². The number of rotatable bonds is 3. The molecule has 19 heavy (non-hydrogen) atoms. The number of hydrogen-bond donors (Lipinski definition) is 1. The highest BCUT2D eigenvalue weighted by Gasteiger charge is 2.15. The topological polar surface area (TPSA) is 24.5 Å². The number of benzene rings is 1. The molecule has 1 N–H and O–H groups in total. The lowest BCUT2D eigenvalue weighted by molar-refractivity contribution is 0.0699. The van der Waals surface area contributed by atoms with Gasteiger partial charge in [0.25, 0.3) is 0 Å². The van der Waals surface area contributed by atoms with Crippen LogP contribution in [0.2, 0.25) is 0 Å². The standard InChI is InChI=1S/C16H24N2O/c1-18-8-2-4-14-10-13(6-7-16(14)18)11-17-15-5-3-9-19-12-15/h6-7,10,15,17H,2-5,8-9,11-12H2,1H3. The zero-order valence-corrected chi connectivity index (χ0v) is 11.8. The van der Waals surface area contributed by atoms with Gasteiger partial charge in [0.1, 0.15) is 0 Å². The third-order valence-electron chi connectivity index (χ3n) is 4.25. The number of fused-ring (bicyclic) bond motifs is 1. The molecule has 0 bridgehead atoms. The van der Waals surface area contributed by atoms with Gasteiger partial charge in [-0.2, -0.15) is 0 Å². The lowest BCUT2D eigenvalue weighted by Crippen LogP contribution is -2.36. The van der Waals surface area contributed by atoms with Gasteiger partial charge in [0.05, 0.1) is 6.61 Å². The molecule has 2 heterocycles. The molecule has 1 aromatic rings. The van der Waals surface area contributed by atoms with E-state index in [2.05, 4.69) is 35.5 Å². The number of hydrogen-bond acceptors (Lipinski definition) is 3. The molecule has 1 atom stereocenters. The van der Waals surface area contributed by atoms with E-state index in [-0.39, 0.29) is 0 Å². The van der Waals surface area contributed by atoms with Crippen molar-refractivity contribution in [2.75, 3.05) is 31.7 Å². The van der Waals surface area contributed by atoms with Gasteiger partial charge in [0.2, 0.25) is 0 Å². The maximum Gasteiger partial charge on any atom is 0.0619 e. The van der Waals surface area contributed by atoms with Crippen molar-refractivity contribution >= 4 is 5.69 Å². The van der Waals surface area contributed by atoms with Crippen LogP contribution in [0.15, 0.2) is 18.2 Å². The largest absolute Gasteiger partial charge is 0.380 e. The summed E-state index contributed by atoms with van der Waals surface area (Å²) in [7, 11) is 2.19. The summed E-state index contributed by atoms with van der Waals surface area (Å²) in [5, 5.41) is 3.62. The summed E-state index contributed by atoms with van der Waals surface area (Å²) in [5.74, 6) is 0. The minimum absolute atomic E-state index is 0.535. The predicted octanol–water partition coefficient (Wildman–Crippen LogP) is 2.34. The molecule has 0 saturated carbocycles. The first-order valence-electron chi connectivity index (χ1n) is 7.47. The fourth-order valence-electron chi connectivity index (χ4n) is 3.11. The first-order chi connectivity index (χ1) is 9.33. The monoisotopic (exact) mass is 260 g/mol. The third-order valence-corrected chi connectivity index (χ3v) is 4.25. The van der Waals surface area contributed by atoms with Gasteiger partial charge in [-0.05, 0) is 42.9 Å². The highest BCUT2D eigenvalue weighted by Crippen LogP contribution is 2.26. The van der Waals surface area contributed by atoms with E-state index in [1.165, 1.54) is 49.0 Å². The van der Waals surface area contributed by atoms with Gasteiger partial charge in [0.15, 0.2) is 0 Å². The molecular weight excluding hydrogens is 236 g/mol. The molecule has 1 saturated heterocycles. The van der Waals surface area contributed by atoms with Crippen molar-refractivity contribution < 1.29 is 4.74 Å². The number of nitrogens with one attached hydrogen (secondary N) is 1. The van der Waals surface area contributed by atoms with E-state index in [4.69, 9.17) is 4.74 Å². The maximum atomic E-state index is 5.51. The first-order valence-corrected chi connectivity index (χ1v) is 7.47. The molecular formula is C16H24N2O. The molecule has 3 heteroatoms. The van der Waals surface area contributed by atoms with Crippen LogP contribution >= 0.6 is 0 Å². The number of anilines is 1. The van der Waals surface area contributed by atoms with Crippen molar-refractivity contribution in [3.8, 4) is 0 Å². The Bertz CT molecular complexity index is 427. The van der Waals surface area contributed by atoms with Crippen LogP contribution in [-0.2, 0) is 17.7 Å². The third kappa shape index (κ3) is 3.10. The van der Waals surface area contributed by atoms with Crippen LogP contribution in [0.25, 0.3) is 0 Å². The molecule has 0 amide bonds. The highest BCUT2D eigenvalue weighted by molar-refractivity contribution is 5.56. The summed E-state index contributed by atoms with van der Waals surface area (Å²) >= 11 is 0. The summed E-state index contributed by atoms with van der Waals surface area (Å²) in [5.41, 5.74) is 4.32. The molecule has 2 aliphatic heterocycles. The molecule has 0 spiro atoms. The minimum Gasteiger partial charge on any atom is -0.380 e. The lowest BCUT2D eigenvalue weighted by Gasteiger charge is -2.28. The quantitative estimate of drug-likeness (QED) is 0.903. The van der Waals surface area contributed by atoms with E-state index in [1.54, 1.807) is 0 Å². The number of nitrogens with zero attached hydrogens (tertiary/aromatic N) is 1. The van der Waals surface area contributed by atoms with Crippen molar-refractivity contribution in [2.45, 2.75) is 38.3 Å². The molecule has 3 rings (SSSR count). The Balaban J connectivity index is 1.62. The average molecular weight is 260 g/mol. The molecule has 1 aromatic carbocycles. The normalized spacial score (nSPS) is 23.2. The second-order valence-electron chi connectivity index (χ2n) is 5.78. The van der Waals surface area contributed by atoms with Gasteiger partial charge in [-0.1, -0.05) is 12.1 Å². The van der Waals surface area contributed by atoms with Gasteiger partial charge in [0, 0.05) is 38.5 Å². The van der Waals surface area contributed by atoms with Crippen molar-refractivity contribution in [1.29, 1.82) is 0 Å². The molecule has 1 fully saturated rings. The Kier molecular flexibility index (Phi) is 4.04. The Labute approximate surface area is 115 Å². The Morgan fingerprint density at radius 2 is 2.32 bits per heavy atom. The molecule has 2 aliphatic rings. The average Bonchev–Trinajstić information content (AvgIpc) is 2.46. The predicted molar refractivity (Wildman–Crippen MR) is 78.7 cm³/mol. The molecule has 3 nitrogen and oxygen atoms in total. The van der Waals surface area contributed by atoms with Gasteiger partial charge >= 0.3 is 0 Å². The van der Waals surface area contributed by atoms with Crippen molar-refractivity contribution in [3.05, 3.63) is 29.3 Å². The van der Waals surface area contributed by atoms with Gasteiger partial charge < -0.3 is 15.0 Å². The Morgan fingerprint density at radius 3 is 3.16 bits per heavy atom. The summed E-state index contributed by atoms with van der Waals surface area (Å²) in [6, 6.07) is 7.45. The molecule has 104 valence electrons. The smallest absolute Gasteiger partial charge is 0.0619 e. The molecule has 1 unspecified atom stereocenters. The van der Waals surface area contributed by atoms with Crippen LogP contribution in [0.3, 0.4) is 0 Å². The van der Waals surface area contributed by atoms with Crippen molar-refractivity contribution in [3.63, 3.8) is 0 Å². The number of aryl methyl sites for hydroxylation is 1. The summed E-state index contributed by atoms with van der Waals surface area (Å²) in [4.78, 5) is 2.37. The number of ether oxygens (including phenoxy) is 1. The van der Waals surface area contributed by atoms with E-state index >= 15 is 0 Å². The van der Waals surface area contributed by atoms with E-state index in [0.717, 1.165) is 19.8 Å². The van der Waals surface area contributed by atoms with E-state index < -0.39 is 0 Å². The summed E-state index contributed by atoms with van der Waals surface area (Å²) < 4.78 is 5.51. The Morgan fingerprint density at radius 1 is 1.37 bits per heavy atom. The van der Waals surface area contributed by atoms with Crippen LogP contribution in [0.1, 0.15) is 30.4 Å².